The Balaban J connectivity index is 2.96. The van der Waals surface area contributed by atoms with Gasteiger partial charge in [-0.05, 0) is 6.07 Å². The second-order valence-corrected chi connectivity index (χ2v) is 3.64. The minimum atomic E-state index is -0.594. The molecule has 0 aliphatic rings. The number of hydrogen-bond donors (Lipinski definition) is 1. The number of carbonyl (C=O) groups excluding carboxylic acids is 1. The molecular formula is C10H9BrN2O. The maximum Gasteiger partial charge on any atom is 0.218 e. The summed E-state index contributed by atoms with van der Waals surface area (Å²) >= 11 is 3.33. The van der Waals surface area contributed by atoms with Crippen molar-refractivity contribution in [1.29, 1.82) is 5.26 Å². The maximum atomic E-state index is 10.8. The Morgan fingerprint density at radius 1 is 1.57 bits per heavy atom. The monoisotopic (exact) mass is 252 g/mol. The molecule has 0 saturated heterocycles. The topological polar surface area (TPSA) is 52.9 Å². The van der Waals surface area contributed by atoms with Crippen LogP contribution in [0.25, 0.3) is 0 Å². The fourth-order valence-corrected chi connectivity index (χ4v) is 1.61. The van der Waals surface area contributed by atoms with Gasteiger partial charge in [-0.25, -0.2) is 0 Å². The zero-order valence-corrected chi connectivity index (χ0v) is 9.21. The number of carbonyl (C=O) groups is 1. The van der Waals surface area contributed by atoms with Crippen LogP contribution >= 0.6 is 15.9 Å². The quantitative estimate of drug-likeness (QED) is 0.877. The van der Waals surface area contributed by atoms with Gasteiger partial charge in [-0.2, -0.15) is 5.26 Å². The predicted octanol–water partition coefficient (Wildman–Crippen LogP) is 2.15. The van der Waals surface area contributed by atoms with Crippen LogP contribution < -0.4 is 5.32 Å². The van der Waals surface area contributed by atoms with Crippen LogP contribution in [0, 0.1) is 11.3 Å². The molecule has 1 rings (SSSR count). The summed E-state index contributed by atoms with van der Waals surface area (Å²) in [7, 11) is 0. The second kappa shape index (κ2) is 4.77. The molecule has 0 radical (unpaired) electrons. The summed E-state index contributed by atoms with van der Waals surface area (Å²) in [5, 5.41) is 11.4. The average Bonchev–Trinajstić information content (AvgIpc) is 2.15. The van der Waals surface area contributed by atoms with Gasteiger partial charge >= 0.3 is 0 Å². The van der Waals surface area contributed by atoms with Gasteiger partial charge in [-0.3, -0.25) is 4.79 Å². The third-order valence-corrected chi connectivity index (χ3v) is 2.42. The standard InChI is InChI=1S/C10H9BrN2O/c1-7(14)13-10(6-12)8-4-2-3-5-9(8)11/h2-5,10H,1H3,(H,13,14). The first-order valence-corrected chi connectivity index (χ1v) is 4.85. The molecule has 0 bridgehead atoms. The summed E-state index contributed by atoms with van der Waals surface area (Å²) < 4.78 is 0.820. The van der Waals surface area contributed by atoms with Crippen molar-refractivity contribution in [3.8, 4) is 6.07 Å². The number of halogens is 1. The molecule has 1 atom stereocenters. The van der Waals surface area contributed by atoms with E-state index in [1.165, 1.54) is 6.92 Å². The van der Waals surface area contributed by atoms with Crippen molar-refractivity contribution in [2.24, 2.45) is 0 Å². The molecule has 1 aromatic carbocycles. The lowest BCUT2D eigenvalue weighted by atomic mass is 10.1. The molecule has 1 aromatic rings. The SMILES string of the molecule is CC(=O)NC(C#N)c1ccccc1Br. The summed E-state index contributed by atoms with van der Waals surface area (Å²) in [4.78, 5) is 10.8. The van der Waals surface area contributed by atoms with E-state index in [1.807, 2.05) is 24.3 Å². The van der Waals surface area contributed by atoms with Crippen molar-refractivity contribution >= 4 is 21.8 Å². The Kier molecular flexibility index (Phi) is 3.66. The average molecular weight is 253 g/mol. The van der Waals surface area contributed by atoms with E-state index in [9.17, 15) is 4.79 Å². The van der Waals surface area contributed by atoms with E-state index >= 15 is 0 Å². The Morgan fingerprint density at radius 2 is 2.21 bits per heavy atom. The molecule has 0 saturated carbocycles. The van der Waals surface area contributed by atoms with E-state index < -0.39 is 6.04 Å². The highest BCUT2D eigenvalue weighted by Crippen LogP contribution is 2.22. The van der Waals surface area contributed by atoms with Gasteiger partial charge in [0.15, 0.2) is 0 Å². The summed E-state index contributed by atoms with van der Waals surface area (Å²) in [6, 6.07) is 8.75. The molecule has 1 unspecified atom stereocenters. The van der Waals surface area contributed by atoms with Crippen molar-refractivity contribution in [1.82, 2.24) is 5.32 Å². The predicted molar refractivity (Wildman–Crippen MR) is 56.3 cm³/mol. The molecule has 0 fully saturated rings. The van der Waals surface area contributed by atoms with Crippen LogP contribution in [0.15, 0.2) is 28.7 Å². The highest BCUT2D eigenvalue weighted by atomic mass is 79.9. The molecule has 4 heteroatoms. The van der Waals surface area contributed by atoms with E-state index in [4.69, 9.17) is 5.26 Å². The van der Waals surface area contributed by atoms with Crippen LogP contribution in [0.5, 0.6) is 0 Å². The smallest absolute Gasteiger partial charge is 0.218 e. The molecule has 14 heavy (non-hydrogen) atoms. The molecule has 1 amide bonds. The van der Waals surface area contributed by atoms with Crippen LogP contribution in [-0.4, -0.2) is 5.91 Å². The molecule has 1 N–H and O–H groups in total. The van der Waals surface area contributed by atoms with Gasteiger partial charge in [0.25, 0.3) is 0 Å². The van der Waals surface area contributed by atoms with E-state index in [2.05, 4.69) is 21.2 Å². The number of nitrogens with one attached hydrogen (secondary N) is 1. The highest BCUT2D eigenvalue weighted by molar-refractivity contribution is 9.10. The van der Waals surface area contributed by atoms with Gasteiger partial charge in [0.05, 0.1) is 6.07 Å². The first kappa shape index (κ1) is 10.7. The van der Waals surface area contributed by atoms with Crippen molar-refractivity contribution in [2.75, 3.05) is 0 Å². The molecular weight excluding hydrogens is 244 g/mol. The van der Waals surface area contributed by atoms with E-state index in [0.29, 0.717) is 0 Å². The number of nitrogens with zero attached hydrogens (tertiary/aromatic N) is 1. The second-order valence-electron chi connectivity index (χ2n) is 2.78. The number of amides is 1. The fourth-order valence-electron chi connectivity index (χ4n) is 1.09. The zero-order chi connectivity index (χ0) is 10.6. The van der Waals surface area contributed by atoms with Crippen molar-refractivity contribution < 1.29 is 4.79 Å². The van der Waals surface area contributed by atoms with Crippen LogP contribution in [0.2, 0.25) is 0 Å². The van der Waals surface area contributed by atoms with E-state index in [0.717, 1.165) is 10.0 Å². The molecule has 0 aromatic heterocycles. The Labute approximate surface area is 90.9 Å². The first-order chi connectivity index (χ1) is 6.65. The number of benzene rings is 1. The lowest BCUT2D eigenvalue weighted by Gasteiger charge is -2.11. The Morgan fingerprint density at radius 3 is 2.71 bits per heavy atom. The molecule has 0 aliphatic heterocycles. The summed E-state index contributed by atoms with van der Waals surface area (Å²) in [5.41, 5.74) is 0.769. The van der Waals surface area contributed by atoms with Crippen LogP contribution in [0.1, 0.15) is 18.5 Å². The maximum absolute atomic E-state index is 10.8. The minimum absolute atomic E-state index is 0.215. The Bertz CT molecular complexity index is 384. The van der Waals surface area contributed by atoms with Crippen LogP contribution in [0.3, 0.4) is 0 Å². The number of nitriles is 1. The van der Waals surface area contributed by atoms with Gasteiger partial charge in [0.1, 0.15) is 6.04 Å². The molecule has 3 nitrogen and oxygen atoms in total. The van der Waals surface area contributed by atoms with Crippen LogP contribution in [-0.2, 0) is 4.79 Å². The van der Waals surface area contributed by atoms with Gasteiger partial charge in [0.2, 0.25) is 5.91 Å². The first-order valence-electron chi connectivity index (χ1n) is 4.06. The van der Waals surface area contributed by atoms with Gasteiger partial charge in [0, 0.05) is 17.0 Å². The Hall–Kier alpha value is -1.34. The van der Waals surface area contributed by atoms with Crippen molar-refractivity contribution in [3.05, 3.63) is 34.3 Å². The molecule has 0 aliphatic carbocycles. The lowest BCUT2D eigenvalue weighted by Crippen LogP contribution is -2.24. The van der Waals surface area contributed by atoms with Crippen molar-refractivity contribution in [2.45, 2.75) is 13.0 Å². The third kappa shape index (κ3) is 2.57. The summed E-state index contributed by atoms with van der Waals surface area (Å²) in [6.07, 6.45) is 0. The molecule has 0 heterocycles. The van der Waals surface area contributed by atoms with Gasteiger partial charge in [-0.1, -0.05) is 34.1 Å². The largest absolute Gasteiger partial charge is 0.337 e. The molecule has 72 valence electrons. The van der Waals surface area contributed by atoms with Gasteiger partial charge < -0.3 is 5.32 Å². The van der Waals surface area contributed by atoms with Crippen LogP contribution in [0.4, 0.5) is 0 Å². The zero-order valence-electron chi connectivity index (χ0n) is 7.62. The summed E-state index contributed by atoms with van der Waals surface area (Å²) in [5.74, 6) is -0.215. The minimum Gasteiger partial charge on any atom is -0.337 e. The fraction of sp³-hybridized carbons (Fsp3) is 0.200. The van der Waals surface area contributed by atoms with E-state index in [-0.39, 0.29) is 5.91 Å². The normalized spacial score (nSPS) is 11.5. The van der Waals surface area contributed by atoms with E-state index in [1.54, 1.807) is 6.07 Å². The molecule has 0 spiro atoms. The number of rotatable bonds is 2. The highest BCUT2D eigenvalue weighted by Gasteiger charge is 2.13. The lowest BCUT2D eigenvalue weighted by molar-refractivity contribution is -0.119. The number of hydrogen-bond acceptors (Lipinski definition) is 2. The summed E-state index contributed by atoms with van der Waals surface area (Å²) in [6.45, 7) is 1.39. The van der Waals surface area contributed by atoms with Gasteiger partial charge in [-0.15, -0.1) is 0 Å². The third-order valence-electron chi connectivity index (χ3n) is 1.69. The van der Waals surface area contributed by atoms with Crippen molar-refractivity contribution in [3.63, 3.8) is 0 Å².